The van der Waals surface area contributed by atoms with Crippen molar-refractivity contribution in [1.29, 1.82) is 0 Å². The van der Waals surface area contributed by atoms with E-state index in [9.17, 15) is 4.79 Å². The molecule has 3 heterocycles. The Kier molecular flexibility index (Phi) is 4.66. The predicted octanol–water partition coefficient (Wildman–Crippen LogP) is 2.69. The van der Waals surface area contributed by atoms with Crippen LogP contribution >= 0.6 is 0 Å². The molecule has 2 aromatic rings. The lowest BCUT2D eigenvalue weighted by molar-refractivity contribution is -0.127. The number of rotatable bonds is 3. The number of nitrogens with one attached hydrogen (secondary N) is 1. The third-order valence-electron chi connectivity index (χ3n) is 5.61. The van der Waals surface area contributed by atoms with Gasteiger partial charge in [-0.3, -0.25) is 9.69 Å². The third kappa shape index (κ3) is 3.38. The number of fused-ring (bicyclic) bond motifs is 1. The van der Waals surface area contributed by atoms with E-state index in [1.165, 1.54) is 10.9 Å². The number of hydrogen-bond acceptors (Lipinski definition) is 3. The van der Waals surface area contributed by atoms with E-state index < -0.39 is 0 Å². The summed E-state index contributed by atoms with van der Waals surface area (Å²) in [5, 5.41) is 4.23. The standard InChI is InChI=1S/C20H27N3O2/c1-22-12-10-16-17(22)6-4-7-19(16)25-15-8-13-23(14-9-15)18-5-2-3-11-21-20(18)24/h4,6-7,10,12,15,18H,2-3,5,8-9,11,13-14H2,1H3,(H,21,24). The van der Waals surface area contributed by atoms with Gasteiger partial charge in [-0.2, -0.15) is 0 Å². The summed E-state index contributed by atoms with van der Waals surface area (Å²) in [5.74, 6) is 1.19. The fraction of sp³-hybridized carbons (Fsp3) is 0.550. The van der Waals surface area contributed by atoms with Gasteiger partial charge in [0.05, 0.1) is 11.6 Å². The molecule has 0 aliphatic carbocycles. The number of ether oxygens (including phenoxy) is 1. The molecule has 5 heteroatoms. The molecule has 1 aromatic carbocycles. The third-order valence-corrected chi connectivity index (χ3v) is 5.61. The summed E-state index contributed by atoms with van der Waals surface area (Å²) in [4.78, 5) is 14.6. The van der Waals surface area contributed by atoms with Crippen molar-refractivity contribution in [1.82, 2.24) is 14.8 Å². The molecule has 4 rings (SSSR count). The highest BCUT2D eigenvalue weighted by molar-refractivity contribution is 5.86. The molecule has 0 bridgehead atoms. The van der Waals surface area contributed by atoms with E-state index in [0.29, 0.717) is 0 Å². The summed E-state index contributed by atoms with van der Waals surface area (Å²) in [6.45, 7) is 2.71. The van der Waals surface area contributed by atoms with Gasteiger partial charge in [-0.25, -0.2) is 0 Å². The van der Waals surface area contributed by atoms with Crippen LogP contribution in [0.4, 0.5) is 0 Å². The van der Waals surface area contributed by atoms with Crippen LogP contribution in [0, 0.1) is 0 Å². The second-order valence-electron chi connectivity index (χ2n) is 7.27. The zero-order chi connectivity index (χ0) is 17.2. The lowest BCUT2D eigenvalue weighted by atomic mass is 10.0. The number of piperidine rings is 1. The monoisotopic (exact) mass is 341 g/mol. The van der Waals surface area contributed by atoms with Crippen molar-refractivity contribution in [3.05, 3.63) is 30.5 Å². The molecule has 2 aliphatic rings. The van der Waals surface area contributed by atoms with E-state index in [4.69, 9.17) is 4.74 Å². The van der Waals surface area contributed by atoms with Gasteiger partial charge in [-0.15, -0.1) is 0 Å². The Morgan fingerprint density at radius 2 is 1.96 bits per heavy atom. The first-order valence-electron chi connectivity index (χ1n) is 9.45. The molecule has 5 nitrogen and oxygen atoms in total. The SMILES string of the molecule is Cn1ccc2c(OC3CCN(C4CCCCNC4=O)CC3)cccc21. The van der Waals surface area contributed by atoms with Crippen LogP contribution in [0.15, 0.2) is 30.5 Å². The van der Waals surface area contributed by atoms with Gasteiger partial charge in [-0.05, 0) is 50.3 Å². The molecule has 0 saturated carbocycles. The van der Waals surface area contributed by atoms with Gasteiger partial charge in [0, 0.05) is 38.3 Å². The van der Waals surface area contributed by atoms with Crippen LogP contribution in [0.5, 0.6) is 5.75 Å². The Hall–Kier alpha value is -2.01. The van der Waals surface area contributed by atoms with Gasteiger partial charge >= 0.3 is 0 Å². The number of aromatic nitrogens is 1. The quantitative estimate of drug-likeness (QED) is 0.934. The minimum Gasteiger partial charge on any atom is -0.490 e. The number of likely N-dealkylation sites (tertiary alicyclic amines) is 1. The molecule has 1 unspecified atom stereocenters. The van der Waals surface area contributed by atoms with E-state index in [1.807, 2.05) is 0 Å². The smallest absolute Gasteiger partial charge is 0.237 e. The fourth-order valence-electron chi connectivity index (χ4n) is 4.13. The van der Waals surface area contributed by atoms with Crippen LogP contribution in [0.25, 0.3) is 10.9 Å². The van der Waals surface area contributed by atoms with Gasteiger partial charge in [0.1, 0.15) is 11.9 Å². The molecule has 1 aromatic heterocycles. The second kappa shape index (κ2) is 7.08. The number of carbonyl (C=O) groups excluding carboxylic acids is 1. The highest BCUT2D eigenvalue weighted by atomic mass is 16.5. The number of hydrogen-bond donors (Lipinski definition) is 1. The van der Waals surface area contributed by atoms with E-state index in [-0.39, 0.29) is 18.1 Å². The first kappa shape index (κ1) is 16.5. The molecular formula is C20H27N3O2. The van der Waals surface area contributed by atoms with Crippen molar-refractivity contribution in [2.24, 2.45) is 7.05 Å². The van der Waals surface area contributed by atoms with Crippen LogP contribution < -0.4 is 10.1 Å². The van der Waals surface area contributed by atoms with Gasteiger partial charge < -0.3 is 14.6 Å². The average Bonchev–Trinajstić information content (AvgIpc) is 2.87. The Labute approximate surface area is 148 Å². The predicted molar refractivity (Wildman–Crippen MR) is 98.8 cm³/mol. The molecular weight excluding hydrogens is 314 g/mol. The van der Waals surface area contributed by atoms with Gasteiger partial charge in [-0.1, -0.05) is 6.07 Å². The molecule has 1 atom stereocenters. The lowest BCUT2D eigenvalue weighted by Crippen LogP contribution is -2.50. The number of carbonyl (C=O) groups is 1. The fourth-order valence-corrected chi connectivity index (χ4v) is 4.13. The number of nitrogens with zero attached hydrogens (tertiary/aromatic N) is 2. The van der Waals surface area contributed by atoms with Gasteiger partial charge in [0.2, 0.25) is 5.91 Å². The summed E-state index contributed by atoms with van der Waals surface area (Å²) in [5.41, 5.74) is 1.20. The van der Waals surface area contributed by atoms with Gasteiger partial charge in [0.25, 0.3) is 0 Å². The minimum absolute atomic E-state index is 0.0565. The first-order valence-corrected chi connectivity index (χ1v) is 9.45. The van der Waals surface area contributed by atoms with E-state index in [2.05, 4.69) is 52.3 Å². The van der Waals surface area contributed by atoms with E-state index in [1.54, 1.807) is 0 Å². The number of benzene rings is 1. The number of amides is 1. The Morgan fingerprint density at radius 1 is 1.12 bits per heavy atom. The summed E-state index contributed by atoms with van der Waals surface area (Å²) in [7, 11) is 2.06. The maximum Gasteiger partial charge on any atom is 0.237 e. The van der Waals surface area contributed by atoms with Crippen molar-refractivity contribution in [2.75, 3.05) is 19.6 Å². The molecule has 25 heavy (non-hydrogen) atoms. The maximum absolute atomic E-state index is 12.2. The second-order valence-corrected chi connectivity index (χ2v) is 7.27. The Bertz CT molecular complexity index is 746. The topological polar surface area (TPSA) is 46.5 Å². The molecule has 2 aliphatic heterocycles. The Balaban J connectivity index is 1.39. The summed E-state index contributed by atoms with van der Waals surface area (Å²) < 4.78 is 8.45. The zero-order valence-corrected chi connectivity index (χ0v) is 14.9. The summed E-state index contributed by atoms with van der Waals surface area (Å²) >= 11 is 0. The highest BCUT2D eigenvalue weighted by Gasteiger charge is 2.31. The van der Waals surface area contributed by atoms with E-state index >= 15 is 0 Å². The largest absolute Gasteiger partial charge is 0.490 e. The molecule has 1 amide bonds. The van der Waals surface area contributed by atoms with Crippen LogP contribution in [0.3, 0.4) is 0 Å². The molecule has 2 fully saturated rings. The van der Waals surface area contributed by atoms with Crippen LogP contribution in [-0.2, 0) is 11.8 Å². The van der Waals surface area contributed by atoms with Crippen LogP contribution in [0.2, 0.25) is 0 Å². The van der Waals surface area contributed by atoms with Crippen LogP contribution in [-0.4, -0.2) is 47.2 Å². The lowest BCUT2D eigenvalue weighted by Gasteiger charge is -2.36. The summed E-state index contributed by atoms with van der Waals surface area (Å²) in [6, 6.07) is 8.42. The molecule has 0 radical (unpaired) electrons. The van der Waals surface area contributed by atoms with Crippen molar-refractivity contribution < 1.29 is 9.53 Å². The Morgan fingerprint density at radius 3 is 2.80 bits per heavy atom. The number of aryl methyl sites for hydroxylation is 1. The highest BCUT2D eigenvalue weighted by Crippen LogP contribution is 2.29. The van der Waals surface area contributed by atoms with Crippen molar-refractivity contribution >= 4 is 16.8 Å². The van der Waals surface area contributed by atoms with Crippen molar-refractivity contribution in [2.45, 2.75) is 44.2 Å². The van der Waals surface area contributed by atoms with Gasteiger partial charge in [0.15, 0.2) is 0 Å². The van der Waals surface area contributed by atoms with Crippen molar-refractivity contribution in [3.63, 3.8) is 0 Å². The first-order chi connectivity index (χ1) is 12.2. The molecule has 134 valence electrons. The van der Waals surface area contributed by atoms with Crippen LogP contribution in [0.1, 0.15) is 32.1 Å². The molecule has 0 spiro atoms. The normalized spacial score (nSPS) is 23.4. The van der Waals surface area contributed by atoms with Crippen molar-refractivity contribution in [3.8, 4) is 5.75 Å². The summed E-state index contributed by atoms with van der Waals surface area (Å²) in [6.07, 6.45) is 7.49. The average molecular weight is 341 g/mol. The minimum atomic E-state index is 0.0565. The molecule has 2 saturated heterocycles. The van der Waals surface area contributed by atoms with E-state index in [0.717, 1.165) is 57.5 Å². The zero-order valence-electron chi connectivity index (χ0n) is 14.9. The maximum atomic E-state index is 12.2. The molecule has 1 N–H and O–H groups in total.